The maximum absolute atomic E-state index is 14.2. The van der Waals surface area contributed by atoms with E-state index in [1.165, 1.54) is 0 Å². The lowest BCUT2D eigenvalue weighted by atomic mass is 9.86. The van der Waals surface area contributed by atoms with Gasteiger partial charge in [0.15, 0.2) is 25.2 Å². The van der Waals surface area contributed by atoms with Gasteiger partial charge in [-0.3, -0.25) is 19.2 Å². The fourth-order valence-corrected chi connectivity index (χ4v) is 13.7. The molecule has 0 spiro atoms. The van der Waals surface area contributed by atoms with Gasteiger partial charge in [-0.2, -0.15) is 0 Å². The fourth-order valence-electron chi connectivity index (χ4n) is 13.7. The first-order chi connectivity index (χ1) is 51.1. The van der Waals surface area contributed by atoms with Crippen LogP contribution in [0.15, 0.2) is 0 Å². The smallest absolute Gasteiger partial charge is 0.364 e. The first-order valence-electron chi connectivity index (χ1n) is 33.7. The van der Waals surface area contributed by atoms with Gasteiger partial charge in [0.1, 0.15) is 159 Å². The molecule has 7 aliphatic rings. The Morgan fingerprint density at radius 3 is 1.22 bits per heavy atom. The van der Waals surface area contributed by atoms with Gasteiger partial charge in [0, 0.05) is 40.0 Å². The van der Waals surface area contributed by atoms with Gasteiger partial charge in [-0.1, -0.05) is 0 Å². The number of rotatable bonds is 33. The van der Waals surface area contributed by atoms with Crippen LogP contribution in [-0.4, -0.2) is 459 Å². The van der Waals surface area contributed by atoms with Crippen molar-refractivity contribution in [1.29, 1.82) is 0 Å². The van der Waals surface area contributed by atoms with Crippen molar-refractivity contribution in [3.8, 4) is 0 Å². The van der Waals surface area contributed by atoms with Gasteiger partial charge in [-0.15, -0.1) is 0 Å². The first-order valence-corrected chi connectivity index (χ1v) is 33.7. The standard InChI is InChI=1S/C59H96N4O46/c1-15(72)60-29-18(75)4-57(54(91)92,106-46(29)33(80)21(78)7-64)104-24(10-67)36(83)47-30(61-16(2)73)19(76)5-58(107-47,55(93)94)105-25(11-68)37(84)48-31(63-28(79)14-71)20(77)6-59(108-48,56(95)96)109-49-42(89)53(101-43-26(12-69)97-50(90)40(87)39(43)86)100-27(13-70)44(49)102-51-32(62-17(3)74)45(35(82)23(9-66)98-51)103-52-41(88)38(85)34(81)22(8-65)99-52/h18-27,29-53,64-71,75-78,80-90H,4-14H2,1-3H3,(H,60,72)(H,61,73)(H,62,74)(H,63,79)(H,91,92)(H,93,94)(H,95,96)/t18-,19-,20-,21+,22+,23+,24+,25+,26+,27+,29+,30+,31+,32+,33+,34-,35-,36+,37+,38-,39-,40+,41+,42+,43+,44-,45+,46+,47+,48+,49+,50+,51-,52-,53-,57+,58+,59-/m0/s1. The number of carboxylic acids is 3. The van der Waals surface area contributed by atoms with Crippen molar-refractivity contribution >= 4 is 41.5 Å². The lowest BCUT2D eigenvalue weighted by molar-refractivity contribution is -0.403. The monoisotopic (exact) mass is 1600 g/mol. The van der Waals surface area contributed by atoms with E-state index in [-0.39, 0.29) is 0 Å². The summed E-state index contributed by atoms with van der Waals surface area (Å²) in [6.07, 6.45) is -77.9. The average molecular weight is 1600 g/mol. The molecule has 0 saturated carbocycles. The highest BCUT2D eigenvalue weighted by molar-refractivity contribution is 5.79. The molecule has 0 radical (unpaired) electrons. The summed E-state index contributed by atoms with van der Waals surface area (Å²) in [6, 6.07) is -8.42. The SMILES string of the molecule is CC(=O)N[C@H]1[C@H](O[C@@H]2[C@H](O[C@]3(C(=O)O)C[C@H](O)[C@@H](NC(=O)CO)[C@H]([C@H](O)[C@@H](CO)O[C@]4(C(=O)O)C[C@H](O)[C@@H](NC(C)=O)[C@H]([C@H](O)[C@@H](CO)O[C@]5(C(=O)O)C[C@H](O)[C@@H](NC(C)=O)[C@H]([C@H](O)[C@H](O)CO)O5)O4)O3)[C@@H](O)[C@H](O[C@H]3[C@@H](O)[C@@H](O)[C@H](O)O[C@@H]3CO)O[C@@H]2CO)O[C@H](CO)[C@H](O)[C@@H]1O[C@@H]1O[C@H](CO)[C@H](O)[C@H](O)[C@H]1O. The van der Waals surface area contributed by atoms with Gasteiger partial charge in [0.25, 0.3) is 17.4 Å². The molecule has 50 nitrogen and oxygen atoms in total. The van der Waals surface area contributed by atoms with Crippen LogP contribution < -0.4 is 21.3 Å². The van der Waals surface area contributed by atoms with E-state index in [2.05, 4.69) is 16.0 Å². The van der Waals surface area contributed by atoms with Crippen molar-refractivity contribution in [1.82, 2.24) is 21.3 Å². The Morgan fingerprint density at radius 2 is 0.780 bits per heavy atom. The highest BCUT2D eigenvalue weighted by Gasteiger charge is 2.65. The van der Waals surface area contributed by atoms with Crippen LogP contribution >= 0.6 is 0 Å². The summed E-state index contributed by atoms with van der Waals surface area (Å²) in [7, 11) is 0. The van der Waals surface area contributed by atoms with E-state index in [4.69, 9.17) is 61.6 Å². The Labute approximate surface area is 613 Å². The molecule has 38 atom stereocenters. The largest absolute Gasteiger partial charge is 0.477 e. The van der Waals surface area contributed by atoms with Gasteiger partial charge < -0.3 is 216 Å². The highest BCUT2D eigenvalue weighted by Crippen LogP contribution is 2.44. The van der Waals surface area contributed by atoms with Gasteiger partial charge >= 0.3 is 17.9 Å². The second-order valence-corrected chi connectivity index (χ2v) is 26.8. The number of carbonyl (C=O) groups excluding carboxylic acids is 4. The van der Waals surface area contributed by atoms with Crippen molar-refractivity contribution in [3.05, 3.63) is 0 Å². The van der Waals surface area contributed by atoms with Crippen LogP contribution in [0.3, 0.4) is 0 Å². The van der Waals surface area contributed by atoms with E-state index in [1.54, 1.807) is 0 Å². The van der Waals surface area contributed by atoms with Gasteiger partial charge in [-0.05, 0) is 0 Å². The molecular weight excluding hydrogens is 1500 g/mol. The normalized spacial score (nSPS) is 43.1. The molecule has 7 saturated heterocycles. The van der Waals surface area contributed by atoms with E-state index in [1.807, 2.05) is 5.32 Å². The lowest BCUT2D eigenvalue weighted by Crippen LogP contribution is -2.73. The Balaban J connectivity index is 1.31. The number of aliphatic carboxylic acids is 3. The second kappa shape index (κ2) is 38.3. The third-order valence-electron chi connectivity index (χ3n) is 19.2. The molecule has 0 aliphatic carbocycles. The van der Waals surface area contributed by atoms with Crippen LogP contribution in [0.5, 0.6) is 0 Å². The average Bonchev–Trinajstić information content (AvgIpc) is 0.749. The van der Waals surface area contributed by atoms with Crippen molar-refractivity contribution in [2.45, 2.75) is 272 Å². The summed E-state index contributed by atoms with van der Waals surface area (Å²) in [6.45, 7) is -8.46. The van der Waals surface area contributed by atoms with Crippen LogP contribution in [0.2, 0.25) is 0 Å². The number of hydrogen-bond donors (Lipinski definition) is 30. The van der Waals surface area contributed by atoms with E-state index < -0.39 is 345 Å². The molecule has 0 aromatic carbocycles. The Bertz CT molecular complexity index is 3030. The van der Waals surface area contributed by atoms with E-state index in [0.717, 1.165) is 20.8 Å². The molecule has 0 unspecified atom stereocenters. The molecule has 7 rings (SSSR count). The molecule has 4 amide bonds. The van der Waals surface area contributed by atoms with Crippen LogP contribution in [0.25, 0.3) is 0 Å². The molecule has 7 fully saturated rings. The fraction of sp³-hybridized carbons (Fsp3) is 0.881. The Hall–Kier alpha value is -5.15. The summed E-state index contributed by atoms with van der Waals surface area (Å²) < 4.78 is 75.1. The summed E-state index contributed by atoms with van der Waals surface area (Å²) >= 11 is 0. The number of nitrogens with one attached hydrogen (secondary N) is 4. The Morgan fingerprint density at radius 1 is 0.394 bits per heavy atom. The number of carboxylic acid groups (broad SMARTS) is 3. The minimum atomic E-state index is -3.83. The predicted molar refractivity (Wildman–Crippen MR) is 331 cm³/mol. The molecule has 0 aromatic heterocycles. The van der Waals surface area contributed by atoms with Crippen molar-refractivity contribution in [2.24, 2.45) is 0 Å². The topological polar surface area (TPSA) is 814 Å². The zero-order valence-electron chi connectivity index (χ0n) is 57.8. The van der Waals surface area contributed by atoms with Gasteiger partial charge in [0.2, 0.25) is 23.6 Å². The van der Waals surface area contributed by atoms with E-state index in [0.29, 0.717) is 0 Å². The number of hydrogen-bond acceptors (Lipinski definition) is 43. The number of amides is 4. The third-order valence-corrected chi connectivity index (χ3v) is 19.2. The molecular formula is C59H96N4O46. The summed E-state index contributed by atoms with van der Waals surface area (Å²) in [4.78, 5) is 92.5. The van der Waals surface area contributed by atoms with Crippen LogP contribution in [-0.2, 0) is 95.1 Å². The van der Waals surface area contributed by atoms with Crippen molar-refractivity contribution in [2.75, 3.05) is 52.9 Å². The second-order valence-electron chi connectivity index (χ2n) is 26.8. The van der Waals surface area contributed by atoms with Crippen molar-refractivity contribution < 1.29 is 228 Å². The maximum atomic E-state index is 14.2. The number of aliphatic hydroxyl groups excluding tert-OH is 23. The van der Waals surface area contributed by atoms with Crippen LogP contribution in [0.4, 0.5) is 0 Å². The van der Waals surface area contributed by atoms with Gasteiger partial charge in [0.05, 0.1) is 82.7 Å². The van der Waals surface area contributed by atoms with Gasteiger partial charge in [-0.25, -0.2) is 14.4 Å². The molecule has 109 heavy (non-hydrogen) atoms. The van der Waals surface area contributed by atoms with E-state index >= 15 is 0 Å². The zero-order valence-corrected chi connectivity index (χ0v) is 57.8. The minimum absolute atomic E-state index is 0.804. The quantitative estimate of drug-likeness (QED) is 0.0290. The maximum Gasteiger partial charge on any atom is 0.364 e. The summed E-state index contributed by atoms with van der Waals surface area (Å²) in [5.41, 5.74) is 0. The lowest BCUT2D eigenvalue weighted by Gasteiger charge is -2.53. The minimum Gasteiger partial charge on any atom is -0.477 e. The highest BCUT2D eigenvalue weighted by atomic mass is 16.8. The molecule has 0 bridgehead atoms. The number of carbonyl (C=O) groups is 7. The predicted octanol–water partition coefficient (Wildman–Crippen LogP) is -19.1. The number of aliphatic hydroxyl groups is 23. The Kier molecular flexibility index (Phi) is 32.0. The molecule has 30 N–H and O–H groups in total. The third kappa shape index (κ3) is 19.8. The zero-order chi connectivity index (χ0) is 81.5. The van der Waals surface area contributed by atoms with Crippen molar-refractivity contribution in [3.63, 3.8) is 0 Å². The van der Waals surface area contributed by atoms with E-state index in [9.17, 15) is 166 Å². The van der Waals surface area contributed by atoms with Crippen LogP contribution in [0, 0.1) is 0 Å². The molecule has 0 aromatic rings. The molecule has 7 aliphatic heterocycles. The molecule has 628 valence electrons. The first kappa shape index (κ1) is 91.0. The molecule has 50 heteroatoms. The molecule has 7 heterocycles. The number of ether oxygens (including phenoxy) is 13. The summed E-state index contributed by atoms with van der Waals surface area (Å²) in [5.74, 6) is -22.7. The summed E-state index contributed by atoms with van der Waals surface area (Å²) in [5, 5.41) is 295. The van der Waals surface area contributed by atoms with Crippen LogP contribution in [0.1, 0.15) is 40.0 Å².